The standard InChI is InChI=1S/C12H13F3N4/c13-12(14,15)10-7-9(8-1-3-16-4-2-8)18-11-17-5-6-19(10)11/h5-8,16H,1-4H2. The molecular weight excluding hydrogens is 257 g/mol. The molecule has 0 atom stereocenters. The van der Waals surface area contributed by atoms with E-state index in [9.17, 15) is 13.2 Å². The highest BCUT2D eigenvalue weighted by Gasteiger charge is 2.35. The maximum absolute atomic E-state index is 13.1. The average molecular weight is 270 g/mol. The van der Waals surface area contributed by atoms with Gasteiger partial charge in [-0.15, -0.1) is 0 Å². The SMILES string of the molecule is FC(F)(F)c1cc(C2CCNCC2)nc2nccn12. The summed E-state index contributed by atoms with van der Waals surface area (Å²) in [6.07, 6.45) is -0.160. The lowest BCUT2D eigenvalue weighted by atomic mass is 9.94. The van der Waals surface area contributed by atoms with Crippen LogP contribution in [0.15, 0.2) is 18.5 Å². The monoisotopic (exact) mass is 270 g/mol. The molecule has 19 heavy (non-hydrogen) atoms. The van der Waals surface area contributed by atoms with E-state index in [0.29, 0.717) is 5.69 Å². The highest BCUT2D eigenvalue weighted by atomic mass is 19.4. The Morgan fingerprint density at radius 3 is 2.68 bits per heavy atom. The Morgan fingerprint density at radius 2 is 2.00 bits per heavy atom. The molecule has 3 rings (SSSR count). The number of imidazole rings is 1. The minimum absolute atomic E-state index is 0.0732. The fourth-order valence-electron chi connectivity index (χ4n) is 2.47. The second kappa shape index (κ2) is 4.48. The van der Waals surface area contributed by atoms with Gasteiger partial charge >= 0.3 is 6.18 Å². The molecule has 1 aliphatic rings. The maximum atomic E-state index is 13.1. The van der Waals surface area contributed by atoms with Gasteiger partial charge in [0.15, 0.2) is 0 Å². The summed E-state index contributed by atoms with van der Waals surface area (Å²) < 4.78 is 40.2. The number of nitrogens with zero attached hydrogens (tertiary/aromatic N) is 3. The number of halogens is 3. The fraction of sp³-hybridized carbons (Fsp3) is 0.500. The van der Waals surface area contributed by atoms with E-state index in [1.165, 1.54) is 12.4 Å². The van der Waals surface area contributed by atoms with Crippen molar-refractivity contribution in [1.82, 2.24) is 19.7 Å². The molecule has 2 aromatic rings. The highest BCUT2D eigenvalue weighted by molar-refractivity contribution is 5.35. The smallest absolute Gasteiger partial charge is 0.317 e. The molecule has 4 nitrogen and oxygen atoms in total. The van der Waals surface area contributed by atoms with Crippen LogP contribution in [0.4, 0.5) is 13.2 Å². The van der Waals surface area contributed by atoms with Gasteiger partial charge in [0.25, 0.3) is 0 Å². The van der Waals surface area contributed by atoms with Crippen LogP contribution in [0.3, 0.4) is 0 Å². The van der Waals surface area contributed by atoms with Gasteiger partial charge in [0.05, 0.1) is 0 Å². The molecule has 1 aliphatic heterocycles. The van der Waals surface area contributed by atoms with Crippen molar-refractivity contribution in [3.63, 3.8) is 0 Å². The number of fused-ring (bicyclic) bond motifs is 1. The van der Waals surface area contributed by atoms with Crippen molar-refractivity contribution in [2.24, 2.45) is 0 Å². The van der Waals surface area contributed by atoms with Crippen molar-refractivity contribution in [2.75, 3.05) is 13.1 Å². The summed E-state index contributed by atoms with van der Waals surface area (Å²) in [7, 11) is 0. The number of rotatable bonds is 1. The first-order valence-corrected chi connectivity index (χ1v) is 6.17. The summed E-state index contributed by atoms with van der Waals surface area (Å²) >= 11 is 0. The van der Waals surface area contributed by atoms with E-state index in [2.05, 4.69) is 15.3 Å². The van der Waals surface area contributed by atoms with Gasteiger partial charge in [-0.05, 0) is 32.0 Å². The summed E-state index contributed by atoms with van der Waals surface area (Å²) in [5.74, 6) is 0.187. The van der Waals surface area contributed by atoms with Gasteiger partial charge < -0.3 is 5.32 Å². The molecule has 3 heterocycles. The Kier molecular flexibility index (Phi) is 2.93. The fourth-order valence-corrected chi connectivity index (χ4v) is 2.47. The predicted octanol–water partition coefficient (Wildman–Crippen LogP) is 2.22. The average Bonchev–Trinajstić information content (AvgIpc) is 2.85. The first-order valence-electron chi connectivity index (χ1n) is 6.17. The summed E-state index contributed by atoms with van der Waals surface area (Å²) in [6, 6.07) is 1.16. The van der Waals surface area contributed by atoms with Crippen molar-refractivity contribution in [1.29, 1.82) is 0 Å². The number of nitrogens with one attached hydrogen (secondary N) is 1. The van der Waals surface area contributed by atoms with Gasteiger partial charge in [0.1, 0.15) is 5.69 Å². The van der Waals surface area contributed by atoms with E-state index >= 15 is 0 Å². The minimum atomic E-state index is -4.40. The van der Waals surface area contributed by atoms with E-state index in [4.69, 9.17) is 0 Å². The van der Waals surface area contributed by atoms with Crippen LogP contribution in [-0.2, 0) is 6.18 Å². The van der Waals surface area contributed by atoms with Crippen molar-refractivity contribution >= 4 is 5.78 Å². The van der Waals surface area contributed by atoms with Gasteiger partial charge in [-0.2, -0.15) is 13.2 Å². The van der Waals surface area contributed by atoms with Gasteiger partial charge in [-0.1, -0.05) is 0 Å². The third-order valence-electron chi connectivity index (χ3n) is 3.44. The summed E-state index contributed by atoms with van der Waals surface area (Å²) in [4.78, 5) is 8.14. The number of aromatic nitrogens is 3. The molecule has 0 radical (unpaired) electrons. The Bertz CT molecular complexity index is 584. The molecule has 1 fully saturated rings. The van der Waals surface area contributed by atoms with E-state index in [0.717, 1.165) is 36.4 Å². The molecule has 1 N–H and O–H groups in total. The summed E-state index contributed by atoms with van der Waals surface area (Å²) in [5, 5.41) is 3.19. The van der Waals surface area contributed by atoms with E-state index in [-0.39, 0.29) is 11.7 Å². The zero-order valence-corrected chi connectivity index (χ0v) is 10.1. The van der Waals surface area contributed by atoms with Crippen LogP contribution < -0.4 is 5.32 Å². The van der Waals surface area contributed by atoms with E-state index in [1.54, 1.807) is 0 Å². The lowest BCUT2D eigenvalue weighted by Gasteiger charge is -2.23. The zero-order chi connectivity index (χ0) is 13.5. The second-order valence-electron chi connectivity index (χ2n) is 4.69. The predicted molar refractivity (Wildman–Crippen MR) is 62.8 cm³/mol. The quantitative estimate of drug-likeness (QED) is 0.864. The third kappa shape index (κ3) is 2.30. The van der Waals surface area contributed by atoms with Gasteiger partial charge in [0.2, 0.25) is 5.78 Å². The van der Waals surface area contributed by atoms with Crippen LogP contribution in [0.1, 0.15) is 30.1 Å². The van der Waals surface area contributed by atoms with Gasteiger partial charge in [0, 0.05) is 24.0 Å². The van der Waals surface area contributed by atoms with Gasteiger partial charge in [-0.3, -0.25) is 4.40 Å². The minimum Gasteiger partial charge on any atom is -0.317 e. The summed E-state index contributed by atoms with van der Waals surface area (Å²) in [6.45, 7) is 1.63. The Labute approximate surface area is 107 Å². The molecule has 0 bridgehead atoms. The van der Waals surface area contributed by atoms with Crippen LogP contribution >= 0.6 is 0 Å². The van der Waals surface area contributed by atoms with Gasteiger partial charge in [-0.25, -0.2) is 9.97 Å². The van der Waals surface area contributed by atoms with E-state index in [1.807, 2.05) is 0 Å². The number of hydrogen-bond donors (Lipinski definition) is 1. The van der Waals surface area contributed by atoms with Crippen LogP contribution in [0.5, 0.6) is 0 Å². The van der Waals surface area contributed by atoms with Crippen LogP contribution in [0, 0.1) is 0 Å². The molecule has 0 aromatic carbocycles. The Balaban J connectivity index is 2.10. The molecular formula is C12H13F3N4. The van der Waals surface area contributed by atoms with Crippen molar-refractivity contribution in [2.45, 2.75) is 24.9 Å². The second-order valence-corrected chi connectivity index (χ2v) is 4.69. The molecule has 0 spiro atoms. The molecule has 0 unspecified atom stereocenters. The maximum Gasteiger partial charge on any atom is 0.431 e. The lowest BCUT2D eigenvalue weighted by Crippen LogP contribution is -2.27. The molecule has 1 saturated heterocycles. The Hall–Kier alpha value is -1.63. The summed E-state index contributed by atoms with van der Waals surface area (Å²) in [5.41, 5.74) is -0.212. The van der Waals surface area contributed by atoms with E-state index < -0.39 is 11.9 Å². The number of hydrogen-bond acceptors (Lipinski definition) is 3. The molecule has 0 saturated carbocycles. The normalized spacial score (nSPS) is 18.1. The largest absolute Gasteiger partial charge is 0.431 e. The van der Waals surface area contributed by atoms with Crippen LogP contribution in [-0.4, -0.2) is 27.5 Å². The number of alkyl halides is 3. The number of piperidine rings is 1. The van der Waals surface area contributed by atoms with Crippen molar-refractivity contribution < 1.29 is 13.2 Å². The third-order valence-corrected chi connectivity index (χ3v) is 3.44. The molecule has 7 heteroatoms. The highest BCUT2D eigenvalue weighted by Crippen LogP contribution is 2.32. The Morgan fingerprint density at radius 1 is 1.26 bits per heavy atom. The molecule has 102 valence electrons. The molecule has 0 amide bonds. The van der Waals surface area contributed by atoms with Crippen LogP contribution in [0.25, 0.3) is 5.78 Å². The first kappa shape index (κ1) is 12.4. The molecule has 2 aromatic heterocycles. The first-order chi connectivity index (χ1) is 9.05. The molecule has 0 aliphatic carbocycles. The van der Waals surface area contributed by atoms with Crippen molar-refractivity contribution in [3.05, 3.63) is 29.8 Å². The van der Waals surface area contributed by atoms with Crippen molar-refractivity contribution in [3.8, 4) is 0 Å². The zero-order valence-electron chi connectivity index (χ0n) is 10.1. The topological polar surface area (TPSA) is 42.2 Å². The lowest BCUT2D eigenvalue weighted by molar-refractivity contribution is -0.142. The van der Waals surface area contributed by atoms with Crippen LogP contribution in [0.2, 0.25) is 0 Å².